The minimum atomic E-state index is -1.07. The van der Waals surface area contributed by atoms with E-state index in [1.165, 1.54) is 16.2 Å². The molecule has 48 heavy (non-hydrogen) atoms. The number of hydrogen-bond donors (Lipinski definition) is 5. The van der Waals surface area contributed by atoms with E-state index >= 15 is 0 Å². The normalized spacial score (nSPS) is 30.5. The lowest BCUT2D eigenvalue weighted by Crippen LogP contribution is -2.57. The van der Waals surface area contributed by atoms with Crippen molar-refractivity contribution in [3.8, 4) is 0 Å². The van der Waals surface area contributed by atoms with Gasteiger partial charge in [0.1, 0.15) is 6.54 Å². The predicted molar refractivity (Wildman–Crippen MR) is 178 cm³/mol. The molecule has 0 aromatic rings. The van der Waals surface area contributed by atoms with Crippen molar-refractivity contribution in [2.24, 2.45) is 17.8 Å². The number of carbonyl (C=O) groups is 6. The van der Waals surface area contributed by atoms with Gasteiger partial charge in [-0.05, 0) is 90.4 Å². The summed E-state index contributed by atoms with van der Waals surface area (Å²) in [5, 5.41) is 28.5. The Morgan fingerprint density at radius 3 is 2.21 bits per heavy atom. The van der Waals surface area contributed by atoms with Crippen LogP contribution in [0.3, 0.4) is 0 Å². The fourth-order valence-electron chi connectivity index (χ4n) is 8.42. The summed E-state index contributed by atoms with van der Waals surface area (Å²) in [4.78, 5) is 79.1. The fourth-order valence-corrected chi connectivity index (χ4v) is 8.42. The van der Waals surface area contributed by atoms with E-state index in [0.717, 1.165) is 44.9 Å². The van der Waals surface area contributed by atoms with Crippen LogP contribution in [0.4, 0.5) is 4.79 Å². The number of carboxylic acid groups (broad SMARTS) is 2. The second kappa shape index (κ2) is 16.5. The van der Waals surface area contributed by atoms with E-state index in [9.17, 15) is 39.0 Å². The monoisotopic (exact) mass is 675 g/mol. The zero-order valence-electron chi connectivity index (χ0n) is 29.2. The third-order valence-electron chi connectivity index (χ3n) is 11.4. The molecule has 0 spiro atoms. The number of carboxylic acids is 2. The lowest BCUT2D eigenvalue weighted by molar-refractivity contribution is -0.144. The number of nitrogens with zero attached hydrogens (tertiary/aromatic N) is 2. The summed E-state index contributed by atoms with van der Waals surface area (Å²) in [6, 6.07) is -1.13. The molecular formula is C35H57N5O8. The molecule has 0 aromatic heterocycles. The van der Waals surface area contributed by atoms with E-state index in [4.69, 9.17) is 0 Å². The SMILES string of the molecule is CC1CCCCC1NC(=O)NC1CCC(CC(=O)C(C)(C)NC2CCC3C(C2)C(=O)N(C(C)CC(=O)O)CC(=O)N3CCC(=O)O)CC1. The minimum absolute atomic E-state index is 0.0198. The van der Waals surface area contributed by atoms with Crippen molar-refractivity contribution in [2.45, 2.75) is 153 Å². The lowest BCUT2D eigenvalue weighted by atomic mass is 9.77. The molecule has 6 unspecified atom stereocenters. The number of Topliss-reactive ketones (excluding diaryl/α,β-unsaturated/α-hetero) is 1. The molecule has 5 N–H and O–H groups in total. The Bertz CT molecular complexity index is 1200. The maximum absolute atomic E-state index is 13.9. The molecule has 1 saturated heterocycles. The van der Waals surface area contributed by atoms with E-state index in [2.05, 4.69) is 22.9 Å². The van der Waals surface area contributed by atoms with Crippen molar-refractivity contribution in [3.63, 3.8) is 0 Å². The summed E-state index contributed by atoms with van der Waals surface area (Å²) in [7, 11) is 0. The van der Waals surface area contributed by atoms with Crippen LogP contribution in [0.5, 0.6) is 0 Å². The summed E-state index contributed by atoms with van der Waals surface area (Å²) in [6.07, 6.45) is 9.24. The van der Waals surface area contributed by atoms with Crippen molar-refractivity contribution in [1.29, 1.82) is 0 Å². The van der Waals surface area contributed by atoms with Crippen LogP contribution in [-0.4, -0.2) is 104 Å². The summed E-state index contributed by atoms with van der Waals surface area (Å²) in [5.41, 5.74) is -0.855. The Balaban J connectivity index is 1.32. The highest BCUT2D eigenvalue weighted by Gasteiger charge is 2.47. The number of rotatable bonds is 13. The molecule has 6 atom stereocenters. The highest BCUT2D eigenvalue weighted by molar-refractivity contribution is 5.90. The van der Waals surface area contributed by atoms with Gasteiger partial charge in [-0.1, -0.05) is 19.8 Å². The average molecular weight is 676 g/mol. The molecule has 1 aliphatic heterocycles. The highest BCUT2D eigenvalue weighted by atomic mass is 16.4. The Morgan fingerprint density at radius 1 is 0.896 bits per heavy atom. The van der Waals surface area contributed by atoms with Crippen molar-refractivity contribution >= 4 is 35.6 Å². The first-order chi connectivity index (χ1) is 22.6. The third kappa shape index (κ3) is 9.92. The Kier molecular flexibility index (Phi) is 12.9. The van der Waals surface area contributed by atoms with Crippen molar-refractivity contribution < 1.29 is 39.0 Å². The molecule has 13 nitrogen and oxygen atoms in total. The predicted octanol–water partition coefficient (Wildman–Crippen LogP) is 3.30. The number of amides is 4. The molecule has 270 valence electrons. The maximum atomic E-state index is 13.9. The molecule has 4 amide bonds. The number of fused-ring (bicyclic) bond motifs is 1. The summed E-state index contributed by atoms with van der Waals surface area (Å²) in [5.74, 6) is -2.61. The van der Waals surface area contributed by atoms with Crippen LogP contribution in [0.2, 0.25) is 0 Å². The molecular weight excluding hydrogens is 618 g/mol. The zero-order chi connectivity index (χ0) is 35.2. The first-order valence-corrected chi connectivity index (χ1v) is 18.1. The van der Waals surface area contributed by atoms with E-state index in [1.807, 2.05) is 13.8 Å². The number of ketones is 1. The Morgan fingerprint density at radius 2 is 1.56 bits per heavy atom. The van der Waals surface area contributed by atoms with Gasteiger partial charge in [-0.2, -0.15) is 0 Å². The van der Waals surface area contributed by atoms with Crippen LogP contribution < -0.4 is 16.0 Å². The van der Waals surface area contributed by atoms with E-state index in [0.29, 0.717) is 31.6 Å². The molecule has 3 aliphatic carbocycles. The topological polar surface area (TPSA) is 185 Å². The quantitative estimate of drug-likeness (QED) is 0.195. The summed E-state index contributed by atoms with van der Waals surface area (Å²) < 4.78 is 0. The van der Waals surface area contributed by atoms with E-state index in [-0.39, 0.29) is 73.6 Å². The largest absolute Gasteiger partial charge is 0.481 e. The van der Waals surface area contributed by atoms with Gasteiger partial charge >= 0.3 is 18.0 Å². The second-order valence-corrected chi connectivity index (χ2v) is 15.4. The van der Waals surface area contributed by atoms with Gasteiger partial charge in [-0.3, -0.25) is 24.0 Å². The molecule has 13 heteroatoms. The van der Waals surface area contributed by atoms with Gasteiger partial charge in [0.15, 0.2) is 5.78 Å². The molecule has 0 radical (unpaired) electrons. The van der Waals surface area contributed by atoms with Crippen molar-refractivity contribution in [3.05, 3.63) is 0 Å². The highest BCUT2D eigenvalue weighted by Crippen LogP contribution is 2.35. The summed E-state index contributed by atoms with van der Waals surface area (Å²) in [6.45, 7) is 7.23. The minimum Gasteiger partial charge on any atom is -0.481 e. The Labute approximate surface area is 284 Å². The van der Waals surface area contributed by atoms with Gasteiger partial charge in [0, 0.05) is 43.2 Å². The van der Waals surface area contributed by atoms with Crippen LogP contribution in [0, 0.1) is 17.8 Å². The molecule has 4 fully saturated rings. The lowest BCUT2D eigenvalue weighted by Gasteiger charge is -2.42. The number of aliphatic carboxylic acids is 2. The Hall–Kier alpha value is -3.22. The van der Waals surface area contributed by atoms with Crippen molar-refractivity contribution in [2.75, 3.05) is 13.1 Å². The van der Waals surface area contributed by atoms with Crippen LogP contribution in [0.25, 0.3) is 0 Å². The smallest absolute Gasteiger partial charge is 0.315 e. The molecule has 4 aliphatic rings. The fraction of sp³-hybridized carbons (Fsp3) is 0.829. The molecule has 1 heterocycles. The van der Waals surface area contributed by atoms with Crippen molar-refractivity contribution in [1.82, 2.24) is 25.8 Å². The molecule has 0 bridgehead atoms. The molecule has 4 rings (SSSR count). The molecule has 0 aromatic carbocycles. The van der Waals surface area contributed by atoms with Crippen LogP contribution in [-0.2, 0) is 24.0 Å². The van der Waals surface area contributed by atoms with Gasteiger partial charge in [-0.25, -0.2) is 4.79 Å². The van der Waals surface area contributed by atoms with Crippen LogP contribution >= 0.6 is 0 Å². The van der Waals surface area contributed by atoms with Gasteiger partial charge < -0.3 is 36.0 Å². The number of urea groups is 1. The number of nitrogens with one attached hydrogen (secondary N) is 3. The van der Waals surface area contributed by atoms with Crippen LogP contribution in [0.15, 0.2) is 0 Å². The third-order valence-corrected chi connectivity index (χ3v) is 11.4. The van der Waals surface area contributed by atoms with Gasteiger partial charge in [0.05, 0.1) is 24.3 Å². The zero-order valence-corrected chi connectivity index (χ0v) is 29.2. The number of carbonyl (C=O) groups excluding carboxylic acids is 4. The van der Waals surface area contributed by atoms with E-state index < -0.39 is 35.5 Å². The first-order valence-electron chi connectivity index (χ1n) is 18.1. The van der Waals surface area contributed by atoms with Gasteiger partial charge in [-0.15, -0.1) is 0 Å². The maximum Gasteiger partial charge on any atom is 0.315 e. The van der Waals surface area contributed by atoms with E-state index in [1.54, 1.807) is 6.92 Å². The first kappa shape index (κ1) is 37.6. The second-order valence-electron chi connectivity index (χ2n) is 15.4. The number of hydrogen-bond acceptors (Lipinski definition) is 7. The standard InChI is InChI=1S/C35H57N5O8/c1-21-7-5-6-8-27(21)37-34(48)36-24-11-9-23(10-12-24)18-29(41)35(3,4)38-25-13-14-28-26(19-25)33(47)40(22(2)17-32(45)46)20-30(42)39(28)16-15-31(43)44/h21-28,38H,5-20H2,1-4H3,(H,43,44)(H,45,46)(H2,36,37,48). The molecule has 3 saturated carbocycles. The average Bonchev–Trinajstić information content (AvgIpc) is 3.11. The van der Waals surface area contributed by atoms with Crippen LogP contribution in [0.1, 0.15) is 118 Å². The van der Waals surface area contributed by atoms with Gasteiger partial charge in [0.25, 0.3) is 0 Å². The summed E-state index contributed by atoms with van der Waals surface area (Å²) >= 11 is 0. The van der Waals surface area contributed by atoms with Gasteiger partial charge in [0.2, 0.25) is 11.8 Å².